The standard InChI is InChI=1S/C16H31NO/c1-12-10-13(2)14(3)17(11-12)15-8-6-4-5-7-9-16(15)18/h12-16,18H,4-11H2,1-3H3. The number of aliphatic hydroxyl groups is 1. The van der Waals surface area contributed by atoms with Crippen LogP contribution in [0.5, 0.6) is 0 Å². The summed E-state index contributed by atoms with van der Waals surface area (Å²) in [5.74, 6) is 1.56. The van der Waals surface area contributed by atoms with Crippen LogP contribution in [0, 0.1) is 11.8 Å². The van der Waals surface area contributed by atoms with Gasteiger partial charge in [0.1, 0.15) is 0 Å². The van der Waals surface area contributed by atoms with Gasteiger partial charge in [0.15, 0.2) is 0 Å². The van der Waals surface area contributed by atoms with E-state index in [1.54, 1.807) is 0 Å². The van der Waals surface area contributed by atoms with Gasteiger partial charge in [-0.2, -0.15) is 0 Å². The van der Waals surface area contributed by atoms with Crippen molar-refractivity contribution < 1.29 is 5.11 Å². The molecule has 0 spiro atoms. The first-order valence-corrected chi connectivity index (χ1v) is 8.03. The predicted molar refractivity (Wildman–Crippen MR) is 76.6 cm³/mol. The minimum atomic E-state index is -0.0924. The number of likely N-dealkylation sites (tertiary alicyclic amines) is 1. The molecule has 106 valence electrons. The van der Waals surface area contributed by atoms with Crippen molar-refractivity contribution in [3.63, 3.8) is 0 Å². The molecule has 1 aliphatic carbocycles. The van der Waals surface area contributed by atoms with E-state index < -0.39 is 0 Å². The largest absolute Gasteiger partial charge is 0.391 e. The summed E-state index contributed by atoms with van der Waals surface area (Å²) in [5.41, 5.74) is 0. The predicted octanol–water partition coefficient (Wildman–Crippen LogP) is 3.44. The fourth-order valence-electron chi connectivity index (χ4n) is 4.03. The molecule has 1 N–H and O–H groups in total. The van der Waals surface area contributed by atoms with Gasteiger partial charge in [0.05, 0.1) is 6.10 Å². The van der Waals surface area contributed by atoms with Crippen LogP contribution < -0.4 is 0 Å². The molecule has 2 rings (SSSR count). The van der Waals surface area contributed by atoms with Crippen LogP contribution in [0.25, 0.3) is 0 Å². The Morgan fingerprint density at radius 1 is 0.944 bits per heavy atom. The van der Waals surface area contributed by atoms with Gasteiger partial charge in [-0.3, -0.25) is 4.90 Å². The van der Waals surface area contributed by atoms with Crippen LogP contribution >= 0.6 is 0 Å². The summed E-state index contributed by atoms with van der Waals surface area (Å²) in [6, 6.07) is 1.06. The van der Waals surface area contributed by atoms with E-state index in [0.29, 0.717) is 12.1 Å². The maximum atomic E-state index is 10.5. The van der Waals surface area contributed by atoms with Crippen molar-refractivity contribution in [1.82, 2.24) is 4.90 Å². The van der Waals surface area contributed by atoms with Crippen LogP contribution in [0.3, 0.4) is 0 Å². The number of rotatable bonds is 1. The maximum Gasteiger partial charge on any atom is 0.0695 e. The lowest BCUT2D eigenvalue weighted by Crippen LogP contribution is -2.54. The van der Waals surface area contributed by atoms with Gasteiger partial charge in [-0.1, -0.05) is 39.5 Å². The second kappa shape index (κ2) is 6.38. The molecule has 2 aliphatic rings. The van der Waals surface area contributed by atoms with Crippen LogP contribution in [-0.2, 0) is 0 Å². The Labute approximate surface area is 113 Å². The minimum Gasteiger partial charge on any atom is -0.391 e. The number of hydrogen-bond donors (Lipinski definition) is 1. The van der Waals surface area contributed by atoms with E-state index in [1.807, 2.05) is 0 Å². The van der Waals surface area contributed by atoms with Gasteiger partial charge in [0.2, 0.25) is 0 Å². The average molecular weight is 253 g/mol. The third-order valence-corrected chi connectivity index (χ3v) is 5.26. The Balaban J connectivity index is 2.05. The molecule has 2 fully saturated rings. The van der Waals surface area contributed by atoms with Crippen molar-refractivity contribution >= 4 is 0 Å². The van der Waals surface area contributed by atoms with Crippen molar-refractivity contribution in [3.05, 3.63) is 0 Å². The number of aliphatic hydroxyl groups excluding tert-OH is 1. The lowest BCUT2D eigenvalue weighted by Gasteiger charge is -2.47. The summed E-state index contributed by atoms with van der Waals surface area (Å²) in [7, 11) is 0. The second-order valence-electron chi connectivity index (χ2n) is 6.88. The molecular weight excluding hydrogens is 222 g/mol. The third kappa shape index (κ3) is 3.27. The molecule has 0 bridgehead atoms. The lowest BCUT2D eigenvalue weighted by atomic mass is 9.82. The van der Waals surface area contributed by atoms with Gasteiger partial charge in [-0.25, -0.2) is 0 Å². The SMILES string of the molecule is CC1CC(C)C(C)N(C2CCCCCCC2O)C1. The summed E-state index contributed by atoms with van der Waals surface area (Å²) in [6.07, 6.45) is 8.65. The normalized spacial score (nSPS) is 44.3. The molecule has 2 heteroatoms. The Kier molecular flexibility index (Phi) is 5.08. The minimum absolute atomic E-state index is 0.0924. The zero-order valence-corrected chi connectivity index (χ0v) is 12.4. The molecule has 0 amide bonds. The zero-order valence-electron chi connectivity index (χ0n) is 12.4. The molecule has 0 aromatic heterocycles. The summed E-state index contributed by atoms with van der Waals surface area (Å²) >= 11 is 0. The fourth-order valence-corrected chi connectivity index (χ4v) is 4.03. The van der Waals surface area contributed by atoms with E-state index in [2.05, 4.69) is 25.7 Å². The van der Waals surface area contributed by atoms with E-state index in [1.165, 1.54) is 45.1 Å². The van der Waals surface area contributed by atoms with Gasteiger partial charge in [-0.05, 0) is 38.0 Å². The molecule has 5 unspecified atom stereocenters. The van der Waals surface area contributed by atoms with Gasteiger partial charge >= 0.3 is 0 Å². The highest BCUT2D eigenvalue weighted by molar-refractivity contribution is 4.90. The molecule has 0 aromatic rings. The number of piperidine rings is 1. The molecule has 2 nitrogen and oxygen atoms in total. The van der Waals surface area contributed by atoms with Gasteiger partial charge in [0, 0.05) is 18.6 Å². The van der Waals surface area contributed by atoms with E-state index in [-0.39, 0.29) is 6.10 Å². The first kappa shape index (κ1) is 14.3. The van der Waals surface area contributed by atoms with Crippen molar-refractivity contribution in [2.24, 2.45) is 11.8 Å². The molecular formula is C16H31NO. The molecule has 0 aromatic carbocycles. The van der Waals surface area contributed by atoms with Crippen LogP contribution in [0.2, 0.25) is 0 Å². The van der Waals surface area contributed by atoms with Gasteiger partial charge < -0.3 is 5.11 Å². The Morgan fingerprint density at radius 2 is 1.61 bits per heavy atom. The fraction of sp³-hybridized carbons (Fsp3) is 1.00. The van der Waals surface area contributed by atoms with Crippen molar-refractivity contribution in [1.29, 1.82) is 0 Å². The lowest BCUT2D eigenvalue weighted by molar-refractivity contribution is -0.0296. The highest BCUT2D eigenvalue weighted by atomic mass is 16.3. The Morgan fingerprint density at radius 3 is 2.33 bits per heavy atom. The molecule has 1 aliphatic heterocycles. The topological polar surface area (TPSA) is 23.5 Å². The first-order chi connectivity index (χ1) is 8.59. The monoisotopic (exact) mass is 253 g/mol. The van der Waals surface area contributed by atoms with E-state index in [4.69, 9.17) is 0 Å². The van der Waals surface area contributed by atoms with Crippen LogP contribution in [0.15, 0.2) is 0 Å². The van der Waals surface area contributed by atoms with Crippen LogP contribution in [0.4, 0.5) is 0 Å². The van der Waals surface area contributed by atoms with E-state index >= 15 is 0 Å². The second-order valence-corrected chi connectivity index (χ2v) is 6.88. The number of nitrogens with zero attached hydrogens (tertiary/aromatic N) is 1. The maximum absolute atomic E-state index is 10.5. The quantitative estimate of drug-likeness (QED) is 0.774. The molecule has 1 heterocycles. The summed E-state index contributed by atoms with van der Waals surface area (Å²) in [6.45, 7) is 8.29. The van der Waals surface area contributed by atoms with Crippen molar-refractivity contribution in [2.75, 3.05) is 6.54 Å². The molecule has 0 radical (unpaired) electrons. The Hall–Kier alpha value is -0.0800. The van der Waals surface area contributed by atoms with E-state index in [9.17, 15) is 5.11 Å². The smallest absolute Gasteiger partial charge is 0.0695 e. The third-order valence-electron chi connectivity index (χ3n) is 5.26. The van der Waals surface area contributed by atoms with Crippen molar-refractivity contribution in [2.45, 2.75) is 83.9 Å². The molecule has 1 saturated heterocycles. The summed E-state index contributed by atoms with van der Waals surface area (Å²) in [4.78, 5) is 2.63. The summed E-state index contributed by atoms with van der Waals surface area (Å²) in [5, 5.41) is 10.5. The van der Waals surface area contributed by atoms with E-state index in [0.717, 1.165) is 18.3 Å². The molecule has 5 atom stereocenters. The highest BCUT2D eigenvalue weighted by Gasteiger charge is 2.36. The summed E-state index contributed by atoms with van der Waals surface area (Å²) < 4.78 is 0. The van der Waals surface area contributed by atoms with Crippen LogP contribution in [0.1, 0.15) is 65.7 Å². The van der Waals surface area contributed by atoms with Gasteiger partial charge in [0.25, 0.3) is 0 Å². The highest BCUT2D eigenvalue weighted by Crippen LogP contribution is 2.32. The van der Waals surface area contributed by atoms with Crippen LogP contribution in [-0.4, -0.2) is 34.7 Å². The molecule has 1 saturated carbocycles. The first-order valence-electron chi connectivity index (χ1n) is 8.03. The van der Waals surface area contributed by atoms with Gasteiger partial charge in [-0.15, -0.1) is 0 Å². The zero-order chi connectivity index (χ0) is 13.1. The van der Waals surface area contributed by atoms with Crippen molar-refractivity contribution in [3.8, 4) is 0 Å². The Bertz CT molecular complexity index is 255. The average Bonchev–Trinajstić information content (AvgIpc) is 2.30. The number of hydrogen-bond acceptors (Lipinski definition) is 2. The molecule has 18 heavy (non-hydrogen) atoms.